The van der Waals surface area contributed by atoms with Gasteiger partial charge in [-0.2, -0.15) is 9.30 Å². The normalized spacial score (nSPS) is 11.8. The van der Waals surface area contributed by atoms with Gasteiger partial charge in [-0.05, 0) is 13.8 Å². The van der Waals surface area contributed by atoms with Gasteiger partial charge in [-0.1, -0.05) is 11.6 Å². The third-order valence-corrected chi connectivity index (χ3v) is 1.74. The number of carbonyl (C=O) groups excluding carboxylic acids is 1. The number of hydrogen-bond donors (Lipinski definition) is 0. The molecule has 0 aromatic carbocycles. The molecule has 6 heteroatoms. The van der Waals surface area contributed by atoms with Gasteiger partial charge in [0.2, 0.25) is 0 Å². The molecule has 1 aromatic heterocycles. The summed E-state index contributed by atoms with van der Waals surface area (Å²) in [5, 5.41) is 4.12. The van der Waals surface area contributed by atoms with Crippen LogP contribution in [0.15, 0.2) is 4.99 Å². The van der Waals surface area contributed by atoms with Gasteiger partial charge in [-0.25, -0.2) is 4.99 Å². The Balaban J connectivity index is 3.33. The van der Waals surface area contributed by atoms with E-state index in [0.29, 0.717) is 22.7 Å². The van der Waals surface area contributed by atoms with Crippen LogP contribution >= 0.6 is 23.4 Å². The Hall–Kier alpha value is -0.870. The molecule has 0 bridgehead atoms. The van der Waals surface area contributed by atoms with E-state index in [4.69, 9.17) is 23.4 Å². The molecular weight excluding hydrogens is 213 g/mol. The van der Waals surface area contributed by atoms with Crippen LogP contribution in [0.3, 0.4) is 0 Å². The molecule has 0 saturated carbocycles. The van der Waals surface area contributed by atoms with Crippen LogP contribution in [0.2, 0.25) is 0 Å². The highest BCUT2D eigenvalue weighted by Crippen LogP contribution is 2.22. The third kappa shape index (κ3) is 2.08. The van der Waals surface area contributed by atoms with Gasteiger partial charge >= 0.3 is 0 Å². The minimum absolute atomic E-state index is 0.265. The van der Waals surface area contributed by atoms with E-state index in [1.807, 2.05) is 0 Å². The summed E-state index contributed by atoms with van der Waals surface area (Å²) in [5.74, 6) is 0.265. The first-order valence-corrected chi connectivity index (χ1v) is 4.19. The monoisotopic (exact) mass is 219 g/mol. The second kappa shape index (κ2) is 3.89. The lowest BCUT2D eigenvalue weighted by Crippen LogP contribution is -1.84. The van der Waals surface area contributed by atoms with Crippen LogP contribution in [0.1, 0.15) is 23.0 Å². The van der Waals surface area contributed by atoms with Crippen LogP contribution in [0.25, 0.3) is 0 Å². The van der Waals surface area contributed by atoms with Gasteiger partial charge in [0.05, 0.1) is 11.3 Å². The SMILES string of the molecule is C/C(Cl)=N\c1c(C=O)c(C)nn1Cl. The van der Waals surface area contributed by atoms with Crippen LogP contribution in [0.4, 0.5) is 5.82 Å². The van der Waals surface area contributed by atoms with Crippen molar-refractivity contribution in [1.82, 2.24) is 9.30 Å². The number of carbonyl (C=O) groups is 1. The maximum atomic E-state index is 10.6. The van der Waals surface area contributed by atoms with Crippen molar-refractivity contribution in [2.75, 3.05) is 0 Å². The summed E-state index contributed by atoms with van der Waals surface area (Å²) in [4.78, 5) is 14.5. The highest BCUT2D eigenvalue weighted by molar-refractivity contribution is 6.65. The fourth-order valence-electron chi connectivity index (χ4n) is 0.880. The van der Waals surface area contributed by atoms with Crippen molar-refractivity contribution in [3.63, 3.8) is 0 Å². The van der Waals surface area contributed by atoms with Crippen molar-refractivity contribution in [2.24, 2.45) is 4.99 Å². The summed E-state index contributed by atoms with van der Waals surface area (Å²) in [5.41, 5.74) is 0.886. The van der Waals surface area contributed by atoms with Crippen molar-refractivity contribution in [3.8, 4) is 0 Å². The van der Waals surface area contributed by atoms with E-state index < -0.39 is 0 Å². The molecule has 0 aliphatic rings. The summed E-state index contributed by atoms with van der Waals surface area (Å²) < 4.78 is 1.00. The summed E-state index contributed by atoms with van der Waals surface area (Å²) in [6, 6.07) is 0. The topological polar surface area (TPSA) is 47.2 Å². The van der Waals surface area contributed by atoms with Gasteiger partial charge in [-0.3, -0.25) is 4.79 Å². The van der Waals surface area contributed by atoms with Gasteiger partial charge in [0, 0.05) is 11.8 Å². The Morgan fingerprint density at radius 2 is 2.31 bits per heavy atom. The zero-order valence-corrected chi connectivity index (χ0v) is 8.60. The van der Waals surface area contributed by atoms with E-state index in [1.165, 1.54) is 0 Å². The number of aldehydes is 1. The number of aromatic nitrogens is 2. The smallest absolute Gasteiger partial charge is 0.180 e. The standard InChI is InChI=1S/C7H7Cl2N3O/c1-4-6(3-13)7(10-5(2)8)12(9)11-4/h3H,1-2H3/b10-5+. The average Bonchev–Trinajstić information content (AvgIpc) is 2.26. The molecule has 0 amide bonds. The van der Waals surface area contributed by atoms with E-state index in [-0.39, 0.29) is 5.82 Å². The molecule has 1 rings (SSSR count). The Morgan fingerprint density at radius 3 is 2.77 bits per heavy atom. The van der Waals surface area contributed by atoms with Crippen molar-refractivity contribution in [1.29, 1.82) is 0 Å². The minimum Gasteiger partial charge on any atom is -0.298 e. The highest BCUT2D eigenvalue weighted by Gasteiger charge is 2.12. The summed E-state index contributed by atoms with van der Waals surface area (Å²) in [6.45, 7) is 3.26. The van der Waals surface area contributed by atoms with Crippen LogP contribution in [-0.4, -0.2) is 20.8 Å². The lowest BCUT2D eigenvalue weighted by molar-refractivity contribution is 0.112. The van der Waals surface area contributed by atoms with E-state index in [2.05, 4.69) is 10.1 Å². The predicted molar refractivity (Wildman–Crippen MR) is 52.2 cm³/mol. The van der Waals surface area contributed by atoms with Gasteiger partial charge < -0.3 is 0 Å². The fourth-order valence-corrected chi connectivity index (χ4v) is 1.20. The average molecular weight is 220 g/mol. The molecule has 1 aromatic rings. The van der Waals surface area contributed by atoms with Crippen molar-refractivity contribution in [3.05, 3.63) is 11.3 Å². The minimum atomic E-state index is 0.265. The number of rotatable bonds is 2. The highest BCUT2D eigenvalue weighted by atomic mass is 35.5. The molecule has 70 valence electrons. The number of halogens is 2. The van der Waals surface area contributed by atoms with Crippen molar-refractivity contribution < 1.29 is 4.79 Å². The molecule has 0 N–H and O–H groups in total. The van der Waals surface area contributed by atoms with Gasteiger partial charge in [0.1, 0.15) is 5.17 Å². The molecule has 4 nitrogen and oxygen atoms in total. The molecule has 13 heavy (non-hydrogen) atoms. The van der Waals surface area contributed by atoms with Crippen molar-refractivity contribution in [2.45, 2.75) is 13.8 Å². The summed E-state index contributed by atoms with van der Waals surface area (Å²) in [7, 11) is 0. The quantitative estimate of drug-likeness (QED) is 0.567. The Kier molecular flexibility index (Phi) is 3.06. The van der Waals surface area contributed by atoms with E-state index >= 15 is 0 Å². The molecule has 0 fully saturated rings. The second-order valence-corrected chi connectivity index (χ2v) is 3.28. The molecule has 0 unspecified atom stereocenters. The molecule has 1 heterocycles. The zero-order chi connectivity index (χ0) is 10.0. The maximum absolute atomic E-state index is 10.6. The van der Waals surface area contributed by atoms with Crippen LogP contribution in [0.5, 0.6) is 0 Å². The van der Waals surface area contributed by atoms with Crippen molar-refractivity contribution >= 4 is 40.7 Å². The van der Waals surface area contributed by atoms with E-state index in [0.717, 1.165) is 4.20 Å². The number of hydrogen-bond acceptors (Lipinski definition) is 3. The van der Waals surface area contributed by atoms with Crippen LogP contribution in [0, 0.1) is 6.92 Å². The third-order valence-electron chi connectivity index (χ3n) is 1.42. The Bertz CT molecular complexity index is 366. The fraction of sp³-hybridized carbons (Fsp3) is 0.286. The van der Waals surface area contributed by atoms with Gasteiger partial charge in [0.25, 0.3) is 0 Å². The molecule has 0 radical (unpaired) electrons. The van der Waals surface area contributed by atoms with Gasteiger partial charge in [0.15, 0.2) is 12.1 Å². The number of nitrogens with zero attached hydrogens (tertiary/aromatic N) is 3. The summed E-state index contributed by atoms with van der Waals surface area (Å²) >= 11 is 11.2. The first-order valence-electron chi connectivity index (χ1n) is 3.48. The Labute approximate surface area is 85.3 Å². The molecule has 0 spiro atoms. The van der Waals surface area contributed by atoms with E-state index in [9.17, 15) is 4.79 Å². The summed E-state index contributed by atoms with van der Waals surface area (Å²) in [6.07, 6.45) is 0.653. The largest absolute Gasteiger partial charge is 0.298 e. The Morgan fingerprint density at radius 1 is 1.69 bits per heavy atom. The predicted octanol–water partition coefficient (Wildman–Crippen LogP) is 2.29. The molecule has 0 saturated heterocycles. The second-order valence-electron chi connectivity index (χ2n) is 2.41. The van der Waals surface area contributed by atoms with Crippen LogP contribution < -0.4 is 0 Å². The van der Waals surface area contributed by atoms with Gasteiger partial charge in [-0.15, -0.1) is 0 Å². The first-order chi connectivity index (χ1) is 6.06. The van der Waals surface area contributed by atoms with Crippen LogP contribution in [-0.2, 0) is 0 Å². The maximum Gasteiger partial charge on any atom is 0.180 e. The number of aryl methyl sites for hydroxylation is 1. The zero-order valence-electron chi connectivity index (χ0n) is 7.08. The molecule has 0 atom stereocenters. The number of aliphatic imine (C=N–C) groups is 1. The molecule has 0 aliphatic carbocycles. The van der Waals surface area contributed by atoms with E-state index in [1.54, 1.807) is 13.8 Å². The first kappa shape index (κ1) is 10.2. The lowest BCUT2D eigenvalue weighted by atomic mass is 10.3. The lowest BCUT2D eigenvalue weighted by Gasteiger charge is -1.92. The molecular formula is C7H7Cl2N3O. The molecule has 0 aliphatic heterocycles.